The fourth-order valence-corrected chi connectivity index (χ4v) is 3.26. The first-order valence-corrected chi connectivity index (χ1v) is 6.93. The van der Waals surface area contributed by atoms with Gasteiger partial charge in [-0.05, 0) is 24.8 Å². The summed E-state index contributed by atoms with van der Waals surface area (Å²) in [6, 6.07) is 1.66. The number of carboxylic acids is 1. The Balaban J connectivity index is 1.89. The monoisotopic (exact) mass is 265 g/mol. The number of piperidine rings is 1. The number of thiophene rings is 1. The van der Waals surface area contributed by atoms with Crippen LogP contribution in [0.5, 0.6) is 0 Å². The van der Waals surface area contributed by atoms with Crippen molar-refractivity contribution in [3.05, 3.63) is 10.9 Å². The van der Waals surface area contributed by atoms with Crippen LogP contribution in [0.1, 0.15) is 29.4 Å². The standard InChI is InChI=1S/C12H15N3O2S/c1-7-3-2-4-15(6-7)12-13-8-5-9(11(16)17)18-10(8)14-12/h5,7H,2-4,6H2,1H3,(H,13,14)(H,16,17). The Bertz CT molecular complexity index is 558. The number of fused-ring (bicyclic) bond motifs is 1. The van der Waals surface area contributed by atoms with Gasteiger partial charge in [0.05, 0.1) is 5.52 Å². The molecular weight excluding hydrogens is 250 g/mol. The van der Waals surface area contributed by atoms with Gasteiger partial charge in [-0.3, -0.25) is 0 Å². The van der Waals surface area contributed by atoms with Gasteiger partial charge in [0, 0.05) is 13.1 Å². The van der Waals surface area contributed by atoms with Crippen molar-refractivity contribution in [1.29, 1.82) is 0 Å². The topological polar surface area (TPSA) is 69.2 Å². The zero-order valence-electron chi connectivity index (χ0n) is 10.1. The average Bonchev–Trinajstić information content (AvgIpc) is 2.86. The number of hydrogen-bond acceptors (Lipinski definition) is 4. The van der Waals surface area contributed by atoms with Crippen LogP contribution in [0.4, 0.5) is 5.95 Å². The summed E-state index contributed by atoms with van der Waals surface area (Å²) in [5.41, 5.74) is 0.825. The maximum atomic E-state index is 10.9. The van der Waals surface area contributed by atoms with E-state index < -0.39 is 5.97 Å². The van der Waals surface area contributed by atoms with Crippen LogP contribution in [0.15, 0.2) is 6.07 Å². The van der Waals surface area contributed by atoms with Crippen LogP contribution in [0.25, 0.3) is 10.3 Å². The van der Waals surface area contributed by atoms with Gasteiger partial charge in [-0.25, -0.2) is 9.78 Å². The molecule has 0 saturated carbocycles. The summed E-state index contributed by atoms with van der Waals surface area (Å²) in [6.45, 7) is 4.30. The summed E-state index contributed by atoms with van der Waals surface area (Å²) in [5.74, 6) is 0.677. The van der Waals surface area contributed by atoms with E-state index in [1.54, 1.807) is 6.07 Å². The predicted octanol–water partition coefficient (Wildman–Crippen LogP) is 2.56. The van der Waals surface area contributed by atoms with Crippen LogP contribution >= 0.6 is 11.3 Å². The minimum absolute atomic E-state index is 0.335. The summed E-state index contributed by atoms with van der Waals surface area (Å²) in [7, 11) is 0. The van der Waals surface area contributed by atoms with Gasteiger partial charge in [0.15, 0.2) is 0 Å². The van der Waals surface area contributed by atoms with Gasteiger partial charge in [0.1, 0.15) is 9.71 Å². The highest BCUT2D eigenvalue weighted by Crippen LogP contribution is 2.28. The molecule has 0 aromatic carbocycles. The lowest BCUT2D eigenvalue weighted by molar-refractivity contribution is 0.0702. The molecule has 1 fully saturated rings. The second kappa shape index (κ2) is 4.28. The van der Waals surface area contributed by atoms with Gasteiger partial charge >= 0.3 is 5.97 Å². The first-order chi connectivity index (χ1) is 8.63. The van der Waals surface area contributed by atoms with E-state index in [4.69, 9.17) is 5.11 Å². The molecule has 1 saturated heterocycles. The molecule has 5 nitrogen and oxygen atoms in total. The third-order valence-corrected chi connectivity index (χ3v) is 4.35. The molecule has 0 spiro atoms. The summed E-state index contributed by atoms with van der Waals surface area (Å²) in [4.78, 5) is 21.9. The number of anilines is 1. The smallest absolute Gasteiger partial charge is 0.346 e. The van der Waals surface area contributed by atoms with Crippen LogP contribution in [0, 0.1) is 5.92 Å². The number of rotatable bonds is 2. The molecule has 0 amide bonds. The van der Waals surface area contributed by atoms with Crippen molar-refractivity contribution in [3.8, 4) is 0 Å². The maximum Gasteiger partial charge on any atom is 0.346 e. The summed E-state index contributed by atoms with van der Waals surface area (Å²) < 4.78 is 0. The van der Waals surface area contributed by atoms with E-state index in [0.717, 1.165) is 29.4 Å². The Morgan fingerprint density at radius 2 is 2.50 bits per heavy atom. The first kappa shape index (κ1) is 11.5. The molecule has 1 unspecified atom stereocenters. The highest BCUT2D eigenvalue weighted by Gasteiger charge is 2.20. The van der Waals surface area contributed by atoms with Crippen LogP contribution in [0.2, 0.25) is 0 Å². The van der Waals surface area contributed by atoms with Crippen molar-refractivity contribution in [2.75, 3.05) is 18.0 Å². The van der Waals surface area contributed by atoms with Crippen molar-refractivity contribution in [2.45, 2.75) is 19.8 Å². The van der Waals surface area contributed by atoms with E-state index >= 15 is 0 Å². The Morgan fingerprint density at radius 1 is 1.67 bits per heavy atom. The van der Waals surface area contributed by atoms with Crippen molar-refractivity contribution in [3.63, 3.8) is 0 Å². The van der Waals surface area contributed by atoms with Gasteiger partial charge in [-0.15, -0.1) is 11.3 Å². The van der Waals surface area contributed by atoms with Crippen molar-refractivity contribution in [2.24, 2.45) is 5.92 Å². The fraction of sp³-hybridized carbons (Fsp3) is 0.500. The Labute approximate surface area is 108 Å². The molecule has 0 aliphatic carbocycles. The second-order valence-electron chi connectivity index (χ2n) is 4.89. The quantitative estimate of drug-likeness (QED) is 0.875. The average molecular weight is 265 g/mol. The molecule has 2 aromatic rings. The van der Waals surface area contributed by atoms with Gasteiger partial charge in [-0.1, -0.05) is 6.92 Å². The molecule has 1 aliphatic heterocycles. The highest BCUT2D eigenvalue weighted by atomic mass is 32.1. The molecule has 3 heterocycles. The molecule has 1 aliphatic rings. The molecule has 2 aromatic heterocycles. The van der Waals surface area contributed by atoms with Crippen LogP contribution in [-0.4, -0.2) is 34.1 Å². The fourth-order valence-electron chi connectivity index (χ4n) is 2.44. The van der Waals surface area contributed by atoms with Crippen molar-refractivity contribution in [1.82, 2.24) is 9.97 Å². The van der Waals surface area contributed by atoms with E-state index in [2.05, 4.69) is 21.8 Å². The molecular formula is C12H15N3O2S. The maximum absolute atomic E-state index is 10.9. The number of aromatic amines is 1. The van der Waals surface area contributed by atoms with E-state index in [9.17, 15) is 4.79 Å². The lowest BCUT2D eigenvalue weighted by Crippen LogP contribution is -2.34. The van der Waals surface area contributed by atoms with E-state index in [1.807, 2.05) is 0 Å². The lowest BCUT2D eigenvalue weighted by Gasteiger charge is -2.30. The first-order valence-electron chi connectivity index (χ1n) is 6.11. The summed E-state index contributed by atoms with van der Waals surface area (Å²) >= 11 is 1.22. The number of nitrogens with one attached hydrogen (secondary N) is 1. The third-order valence-electron chi connectivity index (χ3n) is 3.33. The molecule has 6 heteroatoms. The van der Waals surface area contributed by atoms with Crippen LogP contribution < -0.4 is 4.90 Å². The number of hydrogen-bond donors (Lipinski definition) is 2. The highest BCUT2D eigenvalue weighted by molar-refractivity contribution is 7.20. The minimum Gasteiger partial charge on any atom is -0.477 e. The summed E-state index contributed by atoms with van der Waals surface area (Å²) in [5, 5.41) is 8.92. The number of aromatic carboxylic acids is 1. The largest absolute Gasteiger partial charge is 0.477 e. The van der Waals surface area contributed by atoms with Gasteiger partial charge in [0.25, 0.3) is 0 Å². The molecule has 0 bridgehead atoms. The van der Waals surface area contributed by atoms with Crippen molar-refractivity contribution >= 4 is 33.6 Å². The lowest BCUT2D eigenvalue weighted by atomic mass is 10.0. The Hall–Kier alpha value is -1.56. The SMILES string of the molecule is CC1CCCN(c2nc3sc(C(=O)O)cc3[nH]2)C1. The van der Waals surface area contributed by atoms with Crippen molar-refractivity contribution < 1.29 is 9.90 Å². The predicted molar refractivity (Wildman–Crippen MR) is 71.5 cm³/mol. The number of imidazole rings is 1. The zero-order chi connectivity index (χ0) is 12.7. The number of H-pyrrole nitrogens is 1. The minimum atomic E-state index is -0.889. The number of carbonyl (C=O) groups is 1. The zero-order valence-corrected chi connectivity index (χ0v) is 11.0. The van der Waals surface area contributed by atoms with Gasteiger partial charge < -0.3 is 15.0 Å². The molecule has 0 radical (unpaired) electrons. The second-order valence-corrected chi connectivity index (χ2v) is 5.92. The molecule has 2 N–H and O–H groups in total. The van der Waals surface area contributed by atoms with Crippen LogP contribution in [0.3, 0.4) is 0 Å². The van der Waals surface area contributed by atoms with Gasteiger partial charge in [-0.2, -0.15) is 0 Å². The summed E-state index contributed by atoms with van der Waals surface area (Å²) in [6.07, 6.45) is 2.46. The van der Waals surface area contributed by atoms with E-state index in [0.29, 0.717) is 10.8 Å². The Morgan fingerprint density at radius 3 is 3.17 bits per heavy atom. The molecule has 1 atom stereocenters. The Kier molecular flexibility index (Phi) is 2.74. The number of aromatic nitrogens is 2. The third kappa shape index (κ3) is 1.96. The van der Waals surface area contributed by atoms with Crippen LogP contribution in [-0.2, 0) is 0 Å². The molecule has 3 rings (SSSR count). The number of carboxylic acid groups (broad SMARTS) is 1. The molecule has 18 heavy (non-hydrogen) atoms. The number of nitrogens with zero attached hydrogens (tertiary/aromatic N) is 2. The van der Waals surface area contributed by atoms with Gasteiger partial charge in [0.2, 0.25) is 5.95 Å². The van der Waals surface area contributed by atoms with E-state index in [-0.39, 0.29) is 0 Å². The molecule has 96 valence electrons. The van der Waals surface area contributed by atoms with E-state index in [1.165, 1.54) is 24.2 Å². The normalized spacial score (nSPS) is 20.5.